The van der Waals surface area contributed by atoms with E-state index in [1.54, 1.807) is 22.6 Å². The van der Waals surface area contributed by atoms with Crippen LogP contribution >= 0.6 is 0 Å². The third kappa shape index (κ3) is 2.32. The highest BCUT2D eigenvalue weighted by Gasteiger charge is 2.43. The number of rotatable bonds is 4. The van der Waals surface area contributed by atoms with E-state index >= 15 is 0 Å². The zero-order valence-corrected chi connectivity index (χ0v) is 10.7. The van der Waals surface area contributed by atoms with Crippen LogP contribution in [0.15, 0.2) is 18.3 Å². The summed E-state index contributed by atoms with van der Waals surface area (Å²) in [5.74, 6) is 0.452. The molecule has 6 nitrogen and oxygen atoms in total. The van der Waals surface area contributed by atoms with Gasteiger partial charge in [0, 0.05) is 18.8 Å². The molecule has 98 valence electrons. The monoisotopic (exact) mass is 269 g/mol. The Labute approximate surface area is 106 Å². The smallest absolute Gasteiger partial charge is 0.233 e. The van der Waals surface area contributed by atoms with Gasteiger partial charge in [0.25, 0.3) is 0 Å². The molecule has 3 rings (SSSR count). The number of sulfonamides is 1. The zero-order valence-electron chi connectivity index (χ0n) is 9.90. The van der Waals surface area contributed by atoms with Crippen molar-refractivity contribution in [3.05, 3.63) is 18.3 Å². The summed E-state index contributed by atoms with van der Waals surface area (Å²) in [6, 6.07) is 3.47. The molecule has 0 N–H and O–H groups in total. The Morgan fingerprint density at radius 2 is 2.17 bits per heavy atom. The highest BCUT2D eigenvalue weighted by molar-refractivity contribution is 7.90. The van der Waals surface area contributed by atoms with E-state index in [9.17, 15) is 8.42 Å². The molecule has 0 aromatic carbocycles. The summed E-state index contributed by atoms with van der Waals surface area (Å²) in [5.41, 5.74) is 0. The summed E-state index contributed by atoms with van der Waals surface area (Å²) in [5, 5.41) is 7.42. The van der Waals surface area contributed by atoms with Gasteiger partial charge in [-0.2, -0.15) is 9.40 Å². The Hall–Kier alpha value is -1.21. The summed E-state index contributed by atoms with van der Waals surface area (Å²) in [6.07, 6.45) is 3.77. The first-order valence-electron chi connectivity index (χ1n) is 6.09. The number of hydrogen-bond acceptors (Lipinski definition) is 5. The van der Waals surface area contributed by atoms with Crippen LogP contribution < -0.4 is 4.74 Å². The normalized spacial score (nSPS) is 25.2. The standard InChI is InChI=1S/C11H15N3O3S/c15-18(16,10-3-4-10)14-7-5-9(8-14)17-11-2-1-6-12-13-11/h1-2,6,9-10H,3-5,7-8H2/t9-/m0/s1. The van der Waals surface area contributed by atoms with E-state index in [1.165, 1.54) is 0 Å². The first kappa shape index (κ1) is 11.9. The Balaban J connectivity index is 1.62. The van der Waals surface area contributed by atoms with E-state index in [-0.39, 0.29) is 11.4 Å². The molecule has 18 heavy (non-hydrogen) atoms. The average molecular weight is 269 g/mol. The van der Waals surface area contributed by atoms with Crippen LogP contribution in [0.4, 0.5) is 0 Å². The minimum atomic E-state index is -3.07. The third-order valence-corrected chi connectivity index (χ3v) is 5.61. The molecule has 0 unspecified atom stereocenters. The van der Waals surface area contributed by atoms with E-state index in [0.29, 0.717) is 25.4 Å². The Morgan fingerprint density at radius 1 is 1.33 bits per heavy atom. The van der Waals surface area contributed by atoms with Crippen molar-refractivity contribution in [3.8, 4) is 5.88 Å². The SMILES string of the molecule is O=S(=O)(C1CC1)N1CC[C@H](Oc2cccnn2)C1. The predicted octanol–water partition coefficient (Wildman–Crippen LogP) is 0.422. The molecule has 0 bridgehead atoms. The van der Waals surface area contributed by atoms with Crippen molar-refractivity contribution < 1.29 is 13.2 Å². The van der Waals surface area contributed by atoms with Gasteiger partial charge >= 0.3 is 0 Å². The minimum Gasteiger partial charge on any atom is -0.472 e. The number of ether oxygens (including phenoxy) is 1. The maximum Gasteiger partial charge on any atom is 0.233 e. The molecule has 7 heteroatoms. The van der Waals surface area contributed by atoms with Crippen LogP contribution in [0.1, 0.15) is 19.3 Å². The van der Waals surface area contributed by atoms with Crippen molar-refractivity contribution in [2.45, 2.75) is 30.6 Å². The summed E-state index contributed by atoms with van der Waals surface area (Å²) in [6.45, 7) is 0.971. The second kappa shape index (κ2) is 4.47. The zero-order chi connectivity index (χ0) is 12.6. The molecule has 2 heterocycles. The molecule has 0 amide bonds. The van der Waals surface area contributed by atoms with Gasteiger partial charge in [-0.05, 0) is 25.3 Å². The van der Waals surface area contributed by atoms with Gasteiger partial charge in [-0.15, -0.1) is 5.10 Å². The van der Waals surface area contributed by atoms with Crippen molar-refractivity contribution in [2.75, 3.05) is 13.1 Å². The lowest BCUT2D eigenvalue weighted by Gasteiger charge is -2.16. The molecule has 2 aliphatic rings. The second-order valence-electron chi connectivity index (χ2n) is 4.69. The van der Waals surface area contributed by atoms with Crippen LogP contribution in [-0.2, 0) is 10.0 Å². The van der Waals surface area contributed by atoms with Crippen LogP contribution in [0.25, 0.3) is 0 Å². The first-order chi connectivity index (χ1) is 8.66. The second-order valence-corrected chi connectivity index (χ2v) is 6.91. The molecular formula is C11H15N3O3S. The van der Waals surface area contributed by atoms with Crippen molar-refractivity contribution in [3.63, 3.8) is 0 Å². The fourth-order valence-electron chi connectivity index (χ4n) is 2.12. The fourth-order valence-corrected chi connectivity index (χ4v) is 4.01. The first-order valence-corrected chi connectivity index (χ1v) is 7.60. The van der Waals surface area contributed by atoms with E-state index in [1.807, 2.05) is 0 Å². The topological polar surface area (TPSA) is 72.4 Å². The van der Waals surface area contributed by atoms with Crippen LogP contribution in [0.3, 0.4) is 0 Å². The molecular weight excluding hydrogens is 254 g/mol. The molecule has 1 saturated heterocycles. The van der Waals surface area contributed by atoms with Crippen LogP contribution in [0.2, 0.25) is 0 Å². The molecule has 0 spiro atoms. The van der Waals surface area contributed by atoms with E-state index in [2.05, 4.69) is 10.2 Å². The van der Waals surface area contributed by atoms with Gasteiger partial charge in [-0.25, -0.2) is 8.42 Å². The molecule has 0 radical (unpaired) electrons. The molecule has 1 saturated carbocycles. The van der Waals surface area contributed by atoms with Crippen molar-refractivity contribution in [2.24, 2.45) is 0 Å². The van der Waals surface area contributed by atoms with E-state index < -0.39 is 10.0 Å². The van der Waals surface area contributed by atoms with Crippen molar-refractivity contribution >= 4 is 10.0 Å². The summed E-state index contributed by atoms with van der Waals surface area (Å²) < 4.78 is 31.2. The molecule has 1 aliphatic carbocycles. The number of aromatic nitrogens is 2. The lowest BCUT2D eigenvalue weighted by atomic mass is 10.3. The Morgan fingerprint density at radius 3 is 2.83 bits per heavy atom. The molecule has 1 aromatic heterocycles. The summed E-state index contributed by atoms with van der Waals surface area (Å²) >= 11 is 0. The van der Waals surface area contributed by atoms with Crippen LogP contribution in [0, 0.1) is 0 Å². The van der Waals surface area contributed by atoms with Gasteiger partial charge in [0.1, 0.15) is 6.10 Å². The molecule has 1 aliphatic heterocycles. The van der Waals surface area contributed by atoms with Crippen molar-refractivity contribution in [1.29, 1.82) is 0 Å². The Kier molecular flexibility index (Phi) is 2.95. The van der Waals surface area contributed by atoms with Crippen LogP contribution in [0.5, 0.6) is 5.88 Å². The van der Waals surface area contributed by atoms with Gasteiger partial charge in [0.05, 0.1) is 11.8 Å². The van der Waals surface area contributed by atoms with Gasteiger partial charge in [0.2, 0.25) is 15.9 Å². The highest BCUT2D eigenvalue weighted by atomic mass is 32.2. The third-order valence-electron chi connectivity index (χ3n) is 3.25. The molecule has 1 atom stereocenters. The lowest BCUT2D eigenvalue weighted by molar-refractivity contribution is 0.204. The van der Waals surface area contributed by atoms with E-state index in [0.717, 1.165) is 12.8 Å². The molecule has 1 aromatic rings. The average Bonchev–Trinajstić information content (AvgIpc) is 3.12. The maximum atomic E-state index is 12.0. The van der Waals surface area contributed by atoms with Crippen molar-refractivity contribution in [1.82, 2.24) is 14.5 Å². The quantitative estimate of drug-likeness (QED) is 0.792. The number of nitrogens with zero attached hydrogens (tertiary/aromatic N) is 3. The summed E-state index contributed by atoms with van der Waals surface area (Å²) in [4.78, 5) is 0. The van der Waals surface area contributed by atoms with Gasteiger partial charge in [-0.1, -0.05) is 0 Å². The Bertz CT molecular complexity index is 516. The number of hydrogen-bond donors (Lipinski definition) is 0. The van der Waals surface area contributed by atoms with Gasteiger partial charge in [0.15, 0.2) is 0 Å². The predicted molar refractivity (Wildman–Crippen MR) is 64.6 cm³/mol. The highest BCUT2D eigenvalue weighted by Crippen LogP contribution is 2.33. The summed E-state index contributed by atoms with van der Waals surface area (Å²) in [7, 11) is -3.07. The van der Waals surface area contributed by atoms with Crippen LogP contribution in [-0.4, -0.2) is 47.4 Å². The minimum absolute atomic E-state index is 0.116. The fraction of sp³-hybridized carbons (Fsp3) is 0.636. The van der Waals surface area contributed by atoms with E-state index in [4.69, 9.17) is 4.74 Å². The lowest BCUT2D eigenvalue weighted by Crippen LogP contribution is -2.33. The van der Waals surface area contributed by atoms with Gasteiger partial charge in [-0.3, -0.25) is 0 Å². The van der Waals surface area contributed by atoms with Gasteiger partial charge < -0.3 is 4.74 Å². The molecule has 2 fully saturated rings. The largest absolute Gasteiger partial charge is 0.472 e. The maximum absolute atomic E-state index is 12.0.